The van der Waals surface area contributed by atoms with Gasteiger partial charge in [0.15, 0.2) is 0 Å². The molecule has 0 heterocycles. The number of esters is 1. The third kappa shape index (κ3) is 6.46. The maximum absolute atomic E-state index is 11.1. The third-order valence-corrected chi connectivity index (χ3v) is 2.56. The number of unbranched alkanes of at least 4 members (excludes halogenated alkanes) is 2. The number of hydrogen-bond acceptors (Lipinski definition) is 4. The van der Waals surface area contributed by atoms with E-state index in [2.05, 4.69) is 6.07 Å². The molecule has 0 amide bonds. The Bertz CT molecular complexity index is 437. The number of carbonyl (C=O) groups is 1. The number of nitrogens with zero attached hydrogens (tertiary/aromatic N) is 1. The van der Waals surface area contributed by atoms with Crippen molar-refractivity contribution in [3.8, 4) is 11.8 Å². The summed E-state index contributed by atoms with van der Waals surface area (Å²) in [6.45, 7) is 2.84. The summed E-state index contributed by atoms with van der Waals surface area (Å²) >= 11 is 0. The van der Waals surface area contributed by atoms with Crippen molar-refractivity contribution in [2.75, 3.05) is 13.2 Å². The minimum absolute atomic E-state index is 0.134. The summed E-state index contributed by atoms with van der Waals surface area (Å²) in [5.41, 5.74) is 0.597. The summed E-state index contributed by atoms with van der Waals surface area (Å²) in [6.07, 6.45) is 3.10. The lowest BCUT2D eigenvalue weighted by Crippen LogP contribution is -2.04. The van der Waals surface area contributed by atoms with Gasteiger partial charge >= 0.3 is 5.97 Å². The highest BCUT2D eigenvalue weighted by atomic mass is 16.5. The Morgan fingerprint density at radius 2 is 2.16 bits per heavy atom. The summed E-state index contributed by atoms with van der Waals surface area (Å²) < 4.78 is 10.4. The first-order valence-corrected chi connectivity index (χ1v) is 6.55. The van der Waals surface area contributed by atoms with E-state index in [4.69, 9.17) is 14.7 Å². The first kappa shape index (κ1) is 15.0. The van der Waals surface area contributed by atoms with Gasteiger partial charge in [0.25, 0.3) is 0 Å². The second kappa shape index (κ2) is 8.98. The zero-order valence-corrected chi connectivity index (χ0v) is 11.2. The second-order valence-corrected chi connectivity index (χ2v) is 4.10. The Morgan fingerprint density at radius 3 is 2.89 bits per heavy atom. The van der Waals surface area contributed by atoms with E-state index in [1.54, 1.807) is 25.1 Å². The minimum Gasteiger partial charge on any atom is -0.494 e. The Hall–Kier alpha value is -2.02. The SMILES string of the molecule is CCOC(=O)CCCCCOc1cccc(C#N)c1. The lowest BCUT2D eigenvalue weighted by molar-refractivity contribution is -0.143. The van der Waals surface area contributed by atoms with Crippen LogP contribution in [0.1, 0.15) is 38.2 Å². The monoisotopic (exact) mass is 261 g/mol. The molecule has 102 valence electrons. The van der Waals surface area contributed by atoms with Gasteiger partial charge in [-0.2, -0.15) is 5.26 Å². The predicted molar refractivity (Wildman–Crippen MR) is 71.8 cm³/mol. The van der Waals surface area contributed by atoms with Gasteiger partial charge in [-0.05, 0) is 44.4 Å². The van der Waals surface area contributed by atoms with Crippen LogP contribution in [0.5, 0.6) is 5.75 Å². The average Bonchev–Trinajstić information content (AvgIpc) is 2.43. The fraction of sp³-hybridized carbons (Fsp3) is 0.467. The molecule has 0 bridgehead atoms. The molecule has 1 rings (SSSR count). The van der Waals surface area contributed by atoms with Gasteiger partial charge in [-0.15, -0.1) is 0 Å². The number of benzene rings is 1. The van der Waals surface area contributed by atoms with Crippen molar-refractivity contribution in [3.63, 3.8) is 0 Å². The molecule has 0 N–H and O–H groups in total. The van der Waals surface area contributed by atoms with Crippen LogP contribution in [0.25, 0.3) is 0 Å². The summed E-state index contributed by atoms with van der Waals surface area (Å²) in [4.78, 5) is 11.1. The van der Waals surface area contributed by atoms with E-state index in [9.17, 15) is 4.79 Å². The van der Waals surface area contributed by atoms with Crippen LogP contribution in [0.2, 0.25) is 0 Å². The summed E-state index contributed by atoms with van der Waals surface area (Å²) in [6, 6.07) is 9.17. The molecule has 1 aromatic carbocycles. The second-order valence-electron chi connectivity index (χ2n) is 4.10. The Kier molecular flexibility index (Phi) is 7.11. The van der Waals surface area contributed by atoms with Crippen molar-refractivity contribution in [2.45, 2.75) is 32.6 Å². The van der Waals surface area contributed by atoms with Crippen molar-refractivity contribution in [3.05, 3.63) is 29.8 Å². The highest BCUT2D eigenvalue weighted by Gasteiger charge is 2.01. The molecular formula is C15H19NO3. The van der Waals surface area contributed by atoms with E-state index >= 15 is 0 Å². The number of rotatable bonds is 8. The zero-order chi connectivity index (χ0) is 13.9. The Labute approximate surface area is 113 Å². The molecule has 0 atom stereocenters. The van der Waals surface area contributed by atoms with Crippen LogP contribution in [0, 0.1) is 11.3 Å². The van der Waals surface area contributed by atoms with E-state index in [1.165, 1.54) is 0 Å². The molecule has 0 aromatic heterocycles. The molecule has 0 aliphatic heterocycles. The first-order valence-electron chi connectivity index (χ1n) is 6.55. The van der Waals surface area contributed by atoms with Crippen LogP contribution >= 0.6 is 0 Å². The number of carbonyl (C=O) groups excluding carboxylic acids is 1. The van der Waals surface area contributed by atoms with E-state index in [0.717, 1.165) is 19.3 Å². The van der Waals surface area contributed by atoms with Gasteiger partial charge in [0, 0.05) is 6.42 Å². The number of hydrogen-bond donors (Lipinski definition) is 0. The molecule has 1 aromatic rings. The van der Waals surface area contributed by atoms with Crippen LogP contribution in [-0.4, -0.2) is 19.2 Å². The maximum Gasteiger partial charge on any atom is 0.305 e. The van der Waals surface area contributed by atoms with Gasteiger partial charge in [0.05, 0.1) is 24.8 Å². The predicted octanol–water partition coefficient (Wildman–Crippen LogP) is 3.06. The van der Waals surface area contributed by atoms with Crippen LogP contribution in [-0.2, 0) is 9.53 Å². The van der Waals surface area contributed by atoms with Gasteiger partial charge in [-0.1, -0.05) is 6.07 Å². The normalized spacial score (nSPS) is 9.68. The molecule has 0 saturated heterocycles. The number of nitriles is 1. The fourth-order valence-electron chi connectivity index (χ4n) is 1.63. The van der Waals surface area contributed by atoms with Crippen molar-refractivity contribution in [1.82, 2.24) is 0 Å². The minimum atomic E-state index is -0.134. The number of ether oxygens (including phenoxy) is 2. The topological polar surface area (TPSA) is 59.3 Å². The fourth-order valence-corrected chi connectivity index (χ4v) is 1.63. The van der Waals surface area contributed by atoms with Crippen LogP contribution < -0.4 is 4.74 Å². The van der Waals surface area contributed by atoms with Gasteiger partial charge in [-0.3, -0.25) is 4.79 Å². The largest absolute Gasteiger partial charge is 0.494 e. The Balaban J connectivity index is 2.11. The standard InChI is InChI=1S/C15H19NO3/c1-2-18-15(17)9-4-3-5-10-19-14-8-6-7-13(11-14)12-16/h6-8,11H,2-5,9-10H2,1H3. The van der Waals surface area contributed by atoms with Gasteiger partial charge in [0.1, 0.15) is 5.75 Å². The van der Waals surface area contributed by atoms with Crippen molar-refractivity contribution in [1.29, 1.82) is 5.26 Å². The lowest BCUT2D eigenvalue weighted by Gasteiger charge is -2.06. The summed E-state index contributed by atoms with van der Waals surface area (Å²) in [5, 5.41) is 8.75. The molecule has 0 radical (unpaired) electrons. The molecule has 4 heteroatoms. The van der Waals surface area contributed by atoms with Crippen molar-refractivity contribution >= 4 is 5.97 Å². The van der Waals surface area contributed by atoms with Gasteiger partial charge in [-0.25, -0.2) is 0 Å². The summed E-state index contributed by atoms with van der Waals surface area (Å²) in [5.74, 6) is 0.578. The maximum atomic E-state index is 11.1. The van der Waals surface area contributed by atoms with E-state index in [1.807, 2.05) is 6.07 Å². The molecule has 19 heavy (non-hydrogen) atoms. The van der Waals surface area contributed by atoms with E-state index in [0.29, 0.717) is 30.9 Å². The molecule has 0 fully saturated rings. The molecule has 4 nitrogen and oxygen atoms in total. The molecule has 0 spiro atoms. The zero-order valence-electron chi connectivity index (χ0n) is 11.2. The van der Waals surface area contributed by atoms with Crippen LogP contribution in [0.15, 0.2) is 24.3 Å². The van der Waals surface area contributed by atoms with E-state index < -0.39 is 0 Å². The highest BCUT2D eigenvalue weighted by molar-refractivity contribution is 5.69. The van der Waals surface area contributed by atoms with E-state index in [-0.39, 0.29) is 5.97 Å². The summed E-state index contributed by atoms with van der Waals surface area (Å²) in [7, 11) is 0. The van der Waals surface area contributed by atoms with Crippen molar-refractivity contribution in [2.24, 2.45) is 0 Å². The van der Waals surface area contributed by atoms with Crippen LogP contribution in [0.4, 0.5) is 0 Å². The van der Waals surface area contributed by atoms with Crippen LogP contribution in [0.3, 0.4) is 0 Å². The Morgan fingerprint density at radius 1 is 1.32 bits per heavy atom. The lowest BCUT2D eigenvalue weighted by atomic mass is 10.2. The smallest absolute Gasteiger partial charge is 0.305 e. The average molecular weight is 261 g/mol. The molecule has 0 aliphatic carbocycles. The molecule has 0 unspecified atom stereocenters. The quantitative estimate of drug-likeness (QED) is 0.533. The molecule has 0 aliphatic rings. The van der Waals surface area contributed by atoms with Gasteiger partial charge < -0.3 is 9.47 Å². The van der Waals surface area contributed by atoms with Crippen molar-refractivity contribution < 1.29 is 14.3 Å². The highest BCUT2D eigenvalue weighted by Crippen LogP contribution is 2.13. The molecular weight excluding hydrogens is 242 g/mol. The molecule has 0 saturated carbocycles. The first-order chi connectivity index (χ1) is 9.26. The third-order valence-electron chi connectivity index (χ3n) is 2.56. The van der Waals surface area contributed by atoms with Gasteiger partial charge in [0.2, 0.25) is 0 Å².